The number of carboxylic acid groups (broad SMARTS) is 1. The summed E-state index contributed by atoms with van der Waals surface area (Å²) in [6, 6.07) is 10.7. The molecule has 2 heterocycles. The monoisotopic (exact) mass is 364 g/mol. The Hall–Kier alpha value is -2.69. The molecule has 27 heavy (non-hydrogen) atoms. The molecular weight excluding hydrogens is 340 g/mol. The highest BCUT2D eigenvalue weighted by Gasteiger charge is 2.33. The maximum Gasteiger partial charge on any atom is 0.337 e. The smallest absolute Gasteiger partial charge is 0.337 e. The van der Waals surface area contributed by atoms with E-state index in [0.717, 1.165) is 31.0 Å². The van der Waals surface area contributed by atoms with E-state index in [-0.39, 0.29) is 11.5 Å². The topological polar surface area (TPSA) is 70.5 Å². The zero-order chi connectivity index (χ0) is 18.8. The van der Waals surface area contributed by atoms with Crippen molar-refractivity contribution in [3.05, 3.63) is 53.7 Å². The quantitative estimate of drug-likeness (QED) is 0.890. The largest absolute Gasteiger partial charge is 0.478 e. The number of carbonyl (C=O) groups excluding carboxylic acids is 1. The number of piperidine rings is 1. The standard InChI is InChI=1S/C22H24N2O3/c25-21(24-11-10-15-4-1-2-5-19(15)14-24)17-7-3-6-16(12-17)20-9-8-18(13-23-20)22(26)27/h3,6-9,12-13,15,19H,1-2,4-5,10-11,14H2,(H,26,27)/t15-,19-/m0/s1. The molecule has 0 radical (unpaired) electrons. The van der Waals surface area contributed by atoms with Crippen LogP contribution in [0.1, 0.15) is 52.8 Å². The molecule has 1 N–H and O–H groups in total. The molecule has 5 heteroatoms. The molecule has 1 aromatic heterocycles. The van der Waals surface area contributed by atoms with Gasteiger partial charge in [-0.1, -0.05) is 31.4 Å². The number of carbonyl (C=O) groups is 2. The number of nitrogens with zero attached hydrogens (tertiary/aromatic N) is 2. The number of hydrogen-bond donors (Lipinski definition) is 1. The van der Waals surface area contributed by atoms with Gasteiger partial charge in [-0.2, -0.15) is 0 Å². The molecule has 2 fully saturated rings. The number of aromatic nitrogens is 1. The Bertz CT molecular complexity index is 847. The van der Waals surface area contributed by atoms with Crippen LogP contribution in [0.4, 0.5) is 0 Å². The van der Waals surface area contributed by atoms with Crippen LogP contribution < -0.4 is 0 Å². The molecular formula is C22H24N2O3. The maximum absolute atomic E-state index is 13.0. The average Bonchev–Trinajstić information content (AvgIpc) is 2.73. The zero-order valence-electron chi connectivity index (χ0n) is 15.3. The van der Waals surface area contributed by atoms with E-state index in [1.54, 1.807) is 6.07 Å². The zero-order valence-corrected chi connectivity index (χ0v) is 15.3. The Morgan fingerprint density at radius 1 is 1.00 bits per heavy atom. The number of aromatic carboxylic acids is 1. The predicted molar refractivity (Wildman–Crippen MR) is 103 cm³/mol. The van der Waals surface area contributed by atoms with E-state index < -0.39 is 5.97 Å². The van der Waals surface area contributed by atoms with Gasteiger partial charge in [-0.15, -0.1) is 0 Å². The highest BCUT2D eigenvalue weighted by molar-refractivity contribution is 5.95. The third kappa shape index (κ3) is 3.72. The lowest BCUT2D eigenvalue weighted by molar-refractivity contribution is 0.0520. The Balaban J connectivity index is 1.51. The van der Waals surface area contributed by atoms with Crippen LogP contribution in [0.15, 0.2) is 42.6 Å². The summed E-state index contributed by atoms with van der Waals surface area (Å²) < 4.78 is 0. The van der Waals surface area contributed by atoms with Gasteiger partial charge in [0.25, 0.3) is 5.91 Å². The van der Waals surface area contributed by atoms with Crippen molar-refractivity contribution < 1.29 is 14.7 Å². The van der Waals surface area contributed by atoms with Crippen LogP contribution in [0.3, 0.4) is 0 Å². The van der Waals surface area contributed by atoms with Crippen molar-refractivity contribution >= 4 is 11.9 Å². The van der Waals surface area contributed by atoms with Crippen molar-refractivity contribution in [2.24, 2.45) is 11.8 Å². The molecule has 5 nitrogen and oxygen atoms in total. The van der Waals surface area contributed by atoms with Crippen molar-refractivity contribution in [3.63, 3.8) is 0 Å². The Morgan fingerprint density at radius 3 is 2.56 bits per heavy atom. The Labute approximate surface area is 159 Å². The fourth-order valence-electron chi connectivity index (χ4n) is 4.47. The van der Waals surface area contributed by atoms with Gasteiger partial charge in [0.1, 0.15) is 0 Å². The molecule has 140 valence electrons. The number of carboxylic acids is 1. The minimum Gasteiger partial charge on any atom is -0.478 e. The number of fused-ring (bicyclic) bond motifs is 1. The molecule has 1 amide bonds. The van der Waals surface area contributed by atoms with Gasteiger partial charge in [-0.25, -0.2) is 4.79 Å². The Kier molecular flexibility index (Phi) is 4.92. The van der Waals surface area contributed by atoms with Gasteiger partial charge < -0.3 is 10.0 Å². The predicted octanol–water partition coefficient (Wildman–Crippen LogP) is 4.10. The van der Waals surface area contributed by atoms with E-state index >= 15 is 0 Å². The van der Waals surface area contributed by atoms with Crippen LogP contribution in [-0.4, -0.2) is 40.0 Å². The second kappa shape index (κ2) is 7.51. The van der Waals surface area contributed by atoms with E-state index in [1.807, 2.05) is 29.2 Å². The number of likely N-dealkylation sites (tertiary alicyclic amines) is 1. The summed E-state index contributed by atoms with van der Waals surface area (Å²) in [6.45, 7) is 1.72. The summed E-state index contributed by atoms with van der Waals surface area (Å²) in [5.41, 5.74) is 2.32. The van der Waals surface area contributed by atoms with E-state index in [0.29, 0.717) is 17.2 Å². The van der Waals surface area contributed by atoms with Gasteiger partial charge >= 0.3 is 5.97 Å². The van der Waals surface area contributed by atoms with Crippen LogP contribution in [0, 0.1) is 11.8 Å². The minimum atomic E-state index is -0.996. The van der Waals surface area contributed by atoms with Crippen molar-refractivity contribution in [1.29, 1.82) is 0 Å². The average molecular weight is 364 g/mol. The molecule has 2 atom stereocenters. The first kappa shape index (κ1) is 17.7. The van der Waals surface area contributed by atoms with Crippen LogP contribution in [0.5, 0.6) is 0 Å². The van der Waals surface area contributed by atoms with Crippen molar-refractivity contribution in [2.45, 2.75) is 32.1 Å². The van der Waals surface area contributed by atoms with Crippen LogP contribution in [0.25, 0.3) is 11.3 Å². The summed E-state index contributed by atoms with van der Waals surface area (Å²) in [5.74, 6) is 0.545. The lowest BCUT2D eigenvalue weighted by atomic mass is 9.75. The molecule has 0 spiro atoms. The van der Waals surface area contributed by atoms with Crippen molar-refractivity contribution in [2.75, 3.05) is 13.1 Å². The third-order valence-electron chi connectivity index (χ3n) is 5.99. The van der Waals surface area contributed by atoms with E-state index in [4.69, 9.17) is 5.11 Å². The molecule has 2 aliphatic rings. The molecule has 2 aromatic rings. The second-order valence-corrected chi connectivity index (χ2v) is 7.66. The number of amides is 1. The van der Waals surface area contributed by atoms with E-state index in [2.05, 4.69) is 4.98 Å². The fourth-order valence-corrected chi connectivity index (χ4v) is 4.47. The van der Waals surface area contributed by atoms with Crippen molar-refractivity contribution in [3.8, 4) is 11.3 Å². The highest BCUT2D eigenvalue weighted by atomic mass is 16.4. The molecule has 1 aromatic carbocycles. The van der Waals surface area contributed by atoms with Gasteiger partial charge in [-0.3, -0.25) is 9.78 Å². The van der Waals surface area contributed by atoms with E-state index in [1.165, 1.54) is 37.9 Å². The van der Waals surface area contributed by atoms with E-state index in [9.17, 15) is 9.59 Å². The van der Waals surface area contributed by atoms with Gasteiger partial charge in [0, 0.05) is 30.4 Å². The maximum atomic E-state index is 13.0. The molecule has 1 aliphatic carbocycles. The third-order valence-corrected chi connectivity index (χ3v) is 5.99. The summed E-state index contributed by atoms with van der Waals surface area (Å²) in [6.07, 6.45) is 7.66. The number of hydrogen-bond acceptors (Lipinski definition) is 3. The molecule has 0 bridgehead atoms. The number of pyridine rings is 1. The van der Waals surface area contributed by atoms with Gasteiger partial charge in [0.2, 0.25) is 0 Å². The fraction of sp³-hybridized carbons (Fsp3) is 0.409. The molecule has 0 unspecified atom stereocenters. The van der Waals surface area contributed by atoms with Gasteiger partial charge in [0.15, 0.2) is 0 Å². The lowest BCUT2D eigenvalue weighted by Crippen LogP contribution is -2.44. The second-order valence-electron chi connectivity index (χ2n) is 7.66. The number of benzene rings is 1. The first-order chi connectivity index (χ1) is 13.1. The molecule has 1 aliphatic heterocycles. The van der Waals surface area contributed by atoms with Gasteiger partial charge in [-0.05, 0) is 48.9 Å². The highest BCUT2D eigenvalue weighted by Crippen LogP contribution is 2.36. The SMILES string of the molecule is O=C(O)c1ccc(-c2cccc(C(=O)N3CC[C@@H]4CCCC[C@H]4C3)c2)nc1. The summed E-state index contributed by atoms with van der Waals surface area (Å²) in [5, 5.41) is 9.00. The lowest BCUT2D eigenvalue weighted by Gasteiger charge is -2.41. The minimum absolute atomic E-state index is 0.0861. The summed E-state index contributed by atoms with van der Waals surface area (Å²) in [4.78, 5) is 30.2. The summed E-state index contributed by atoms with van der Waals surface area (Å²) in [7, 11) is 0. The van der Waals surface area contributed by atoms with Crippen molar-refractivity contribution in [1.82, 2.24) is 9.88 Å². The van der Waals surface area contributed by atoms with Gasteiger partial charge in [0.05, 0.1) is 11.3 Å². The first-order valence-electron chi connectivity index (χ1n) is 9.71. The molecule has 4 rings (SSSR count). The first-order valence-corrected chi connectivity index (χ1v) is 9.71. The normalized spacial score (nSPS) is 22.1. The summed E-state index contributed by atoms with van der Waals surface area (Å²) >= 11 is 0. The molecule has 1 saturated heterocycles. The number of rotatable bonds is 3. The van der Waals surface area contributed by atoms with Crippen LogP contribution >= 0.6 is 0 Å². The Morgan fingerprint density at radius 2 is 1.81 bits per heavy atom. The van der Waals surface area contributed by atoms with Crippen LogP contribution in [0.2, 0.25) is 0 Å². The van der Waals surface area contributed by atoms with Crippen LogP contribution in [-0.2, 0) is 0 Å². The molecule has 1 saturated carbocycles.